The van der Waals surface area contributed by atoms with Crippen molar-refractivity contribution in [3.05, 3.63) is 78.0 Å². The quantitative estimate of drug-likeness (QED) is 0.565. The molecule has 30 heavy (non-hydrogen) atoms. The van der Waals surface area contributed by atoms with Crippen molar-refractivity contribution in [1.29, 1.82) is 0 Å². The van der Waals surface area contributed by atoms with Gasteiger partial charge in [-0.25, -0.2) is 23.7 Å². The summed E-state index contributed by atoms with van der Waals surface area (Å²) in [5, 5.41) is 11.5. The van der Waals surface area contributed by atoms with Crippen LogP contribution in [0.2, 0.25) is 0 Å². The number of nitrogens with one attached hydrogen (secondary N) is 1. The summed E-state index contributed by atoms with van der Waals surface area (Å²) in [7, 11) is 0. The number of rotatable bonds is 4. The van der Waals surface area contributed by atoms with E-state index in [1.54, 1.807) is 41.5 Å². The molecule has 8 nitrogen and oxygen atoms in total. The lowest BCUT2D eigenvalue weighted by molar-refractivity contribution is 0.102. The fourth-order valence-electron chi connectivity index (χ4n) is 3.69. The maximum absolute atomic E-state index is 13.3. The van der Waals surface area contributed by atoms with Gasteiger partial charge in [0, 0.05) is 11.3 Å². The van der Waals surface area contributed by atoms with Crippen molar-refractivity contribution in [2.45, 2.75) is 25.7 Å². The standard InChI is InChI=1S/C21H18FN7O/c22-14-5-8-16(9-6-14)29-18-4-2-1-3-17(18)20(27-29)21(30)26-15-7-10-19(24-11-15)28-13-23-12-25-28/h5-13H,1-4H2,(H,26,30). The summed E-state index contributed by atoms with van der Waals surface area (Å²) in [6, 6.07) is 9.64. The second-order valence-corrected chi connectivity index (χ2v) is 7.07. The van der Waals surface area contributed by atoms with Crippen molar-refractivity contribution in [3.8, 4) is 11.5 Å². The minimum absolute atomic E-state index is 0.288. The van der Waals surface area contributed by atoms with Gasteiger partial charge in [-0.05, 0) is 62.1 Å². The van der Waals surface area contributed by atoms with Gasteiger partial charge in [0.15, 0.2) is 11.5 Å². The van der Waals surface area contributed by atoms with Crippen molar-refractivity contribution in [2.75, 3.05) is 5.32 Å². The zero-order valence-electron chi connectivity index (χ0n) is 16.0. The Morgan fingerprint density at radius 2 is 1.90 bits per heavy atom. The van der Waals surface area contributed by atoms with E-state index in [-0.39, 0.29) is 11.7 Å². The summed E-state index contributed by atoms with van der Waals surface area (Å²) >= 11 is 0. The monoisotopic (exact) mass is 403 g/mol. The fraction of sp³-hybridized carbons (Fsp3) is 0.190. The van der Waals surface area contributed by atoms with Crippen LogP contribution in [-0.4, -0.2) is 35.4 Å². The zero-order chi connectivity index (χ0) is 20.5. The van der Waals surface area contributed by atoms with E-state index in [0.717, 1.165) is 42.6 Å². The molecule has 1 aromatic carbocycles. The summed E-state index contributed by atoms with van der Waals surface area (Å²) in [5.41, 5.74) is 3.67. The zero-order valence-corrected chi connectivity index (χ0v) is 16.0. The third kappa shape index (κ3) is 3.34. The van der Waals surface area contributed by atoms with E-state index < -0.39 is 0 Å². The topological polar surface area (TPSA) is 90.5 Å². The van der Waals surface area contributed by atoms with Crippen molar-refractivity contribution in [2.24, 2.45) is 0 Å². The van der Waals surface area contributed by atoms with Gasteiger partial charge < -0.3 is 5.32 Å². The van der Waals surface area contributed by atoms with Crippen molar-refractivity contribution < 1.29 is 9.18 Å². The van der Waals surface area contributed by atoms with Crippen LogP contribution in [0.5, 0.6) is 0 Å². The summed E-state index contributed by atoms with van der Waals surface area (Å²) < 4.78 is 16.6. The van der Waals surface area contributed by atoms with E-state index >= 15 is 0 Å². The summed E-state index contributed by atoms with van der Waals surface area (Å²) in [4.78, 5) is 21.2. The number of carbonyl (C=O) groups is 1. The first-order chi connectivity index (χ1) is 14.7. The highest BCUT2D eigenvalue weighted by Crippen LogP contribution is 2.27. The molecule has 0 atom stereocenters. The predicted molar refractivity (Wildman–Crippen MR) is 107 cm³/mol. The Bertz CT molecular complexity index is 1180. The Labute approximate surface area is 171 Å². The average Bonchev–Trinajstić information content (AvgIpc) is 3.43. The Balaban J connectivity index is 1.43. The molecule has 1 N–H and O–H groups in total. The van der Waals surface area contributed by atoms with E-state index in [4.69, 9.17) is 0 Å². The van der Waals surface area contributed by atoms with Crippen molar-refractivity contribution >= 4 is 11.6 Å². The van der Waals surface area contributed by atoms with Gasteiger partial charge in [-0.3, -0.25) is 4.79 Å². The molecule has 0 unspecified atom stereocenters. The van der Waals surface area contributed by atoms with Crippen LogP contribution in [0.25, 0.3) is 11.5 Å². The van der Waals surface area contributed by atoms with Crippen LogP contribution in [0.15, 0.2) is 55.2 Å². The number of carbonyl (C=O) groups excluding carboxylic acids is 1. The Hall–Kier alpha value is -3.88. The molecule has 0 spiro atoms. The van der Waals surface area contributed by atoms with E-state index in [1.807, 2.05) is 0 Å². The highest BCUT2D eigenvalue weighted by Gasteiger charge is 2.25. The molecule has 3 heterocycles. The SMILES string of the molecule is O=C(Nc1ccc(-n2cncn2)nc1)c1nn(-c2ccc(F)cc2)c2c1CCCC2. The highest BCUT2D eigenvalue weighted by molar-refractivity contribution is 6.04. The van der Waals surface area contributed by atoms with Gasteiger partial charge in [-0.1, -0.05) is 0 Å². The molecular weight excluding hydrogens is 385 g/mol. The first-order valence-corrected chi connectivity index (χ1v) is 9.68. The van der Waals surface area contributed by atoms with Gasteiger partial charge in [0.05, 0.1) is 17.6 Å². The fourth-order valence-corrected chi connectivity index (χ4v) is 3.69. The van der Waals surface area contributed by atoms with Crippen LogP contribution in [0.3, 0.4) is 0 Å². The number of benzene rings is 1. The Morgan fingerprint density at radius 3 is 2.63 bits per heavy atom. The van der Waals surface area contributed by atoms with Crippen molar-refractivity contribution in [3.63, 3.8) is 0 Å². The molecule has 9 heteroatoms. The maximum atomic E-state index is 13.3. The summed E-state index contributed by atoms with van der Waals surface area (Å²) in [6.07, 6.45) is 8.22. The minimum atomic E-state index is -0.306. The molecule has 1 aliphatic rings. The lowest BCUT2D eigenvalue weighted by Crippen LogP contribution is -2.16. The summed E-state index contributed by atoms with van der Waals surface area (Å²) in [5.74, 6) is 0.00682. The van der Waals surface area contributed by atoms with Crippen LogP contribution in [0, 0.1) is 5.82 Å². The van der Waals surface area contributed by atoms with Crippen LogP contribution in [0.4, 0.5) is 10.1 Å². The number of fused-ring (bicyclic) bond motifs is 1. The number of aromatic nitrogens is 6. The molecule has 3 aromatic heterocycles. The molecule has 0 radical (unpaired) electrons. The van der Waals surface area contributed by atoms with Gasteiger partial charge in [0.2, 0.25) is 0 Å². The van der Waals surface area contributed by atoms with Crippen LogP contribution < -0.4 is 5.32 Å². The number of pyridine rings is 1. The molecule has 150 valence electrons. The Morgan fingerprint density at radius 1 is 1.07 bits per heavy atom. The van der Waals surface area contributed by atoms with Crippen LogP contribution in [-0.2, 0) is 12.8 Å². The number of hydrogen-bond acceptors (Lipinski definition) is 5. The molecule has 1 amide bonds. The molecule has 0 saturated carbocycles. The summed E-state index contributed by atoms with van der Waals surface area (Å²) in [6.45, 7) is 0. The molecular formula is C21H18FN7O. The van der Waals surface area contributed by atoms with Crippen LogP contribution >= 0.6 is 0 Å². The van der Waals surface area contributed by atoms with E-state index in [1.165, 1.54) is 23.1 Å². The molecule has 4 aromatic rings. The molecule has 5 rings (SSSR count). The Kier molecular flexibility index (Phi) is 4.55. The molecule has 0 fully saturated rings. The molecule has 0 aliphatic heterocycles. The second-order valence-electron chi connectivity index (χ2n) is 7.07. The molecule has 1 aliphatic carbocycles. The van der Waals surface area contributed by atoms with Gasteiger partial charge in [-0.2, -0.15) is 10.2 Å². The average molecular weight is 403 g/mol. The number of nitrogens with zero attached hydrogens (tertiary/aromatic N) is 6. The molecule has 0 bridgehead atoms. The van der Waals surface area contributed by atoms with E-state index in [0.29, 0.717) is 17.2 Å². The highest BCUT2D eigenvalue weighted by atomic mass is 19.1. The maximum Gasteiger partial charge on any atom is 0.276 e. The third-order valence-electron chi connectivity index (χ3n) is 5.13. The first kappa shape index (κ1) is 18.2. The van der Waals surface area contributed by atoms with Gasteiger partial charge in [-0.15, -0.1) is 0 Å². The second kappa shape index (κ2) is 7.51. The predicted octanol–water partition coefficient (Wildman–Crippen LogP) is 3.12. The third-order valence-corrected chi connectivity index (χ3v) is 5.13. The lowest BCUT2D eigenvalue weighted by atomic mass is 9.95. The first-order valence-electron chi connectivity index (χ1n) is 9.68. The van der Waals surface area contributed by atoms with E-state index in [2.05, 4.69) is 25.5 Å². The van der Waals surface area contributed by atoms with Gasteiger partial charge in [0.25, 0.3) is 5.91 Å². The van der Waals surface area contributed by atoms with E-state index in [9.17, 15) is 9.18 Å². The number of anilines is 1. The largest absolute Gasteiger partial charge is 0.319 e. The minimum Gasteiger partial charge on any atom is -0.319 e. The normalized spacial score (nSPS) is 13.1. The number of hydrogen-bond donors (Lipinski definition) is 1. The number of amides is 1. The van der Waals surface area contributed by atoms with Gasteiger partial charge in [0.1, 0.15) is 18.5 Å². The smallest absolute Gasteiger partial charge is 0.276 e. The van der Waals surface area contributed by atoms with Crippen LogP contribution in [0.1, 0.15) is 34.6 Å². The lowest BCUT2D eigenvalue weighted by Gasteiger charge is -2.14. The van der Waals surface area contributed by atoms with Crippen molar-refractivity contribution in [1.82, 2.24) is 29.5 Å². The van der Waals surface area contributed by atoms with Gasteiger partial charge >= 0.3 is 0 Å². The molecule has 0 saturated heterocycles. The number of halogens is 1.